The monoisotopic (exact) mass is 471 g/mol. The first-order valence-electron chi connectivity index (χ1n) is 10.2. The van der Waals surface area contributed by atoms with Crippen molar-refractivity contribution < 1.29 is 27.1 Å². The van der Waals surface area contributed by atoms with E-state index in [1.54, 1.807) is 37.4 Å². The maximum Gasteiger partial charge on any atom is 0.433 e. The Hall–Kier alpha value is -3.99. The second-order valence-corrected chi connectivity index (χ2v) is 7.43. The number of amides is 1. The highest BCUT2D eigenvalue weighted by Crippen LogP contribution is 2.37. The van der Waals surface area contributed by atoms with Crippen molar-refractivity contribution in [1.29, 1.82) is 0 Å². The van der Waals surface area contributed by atoms with Crippen LogP contribution in [0.2, 0.25) is 0 Å². The van der Waals surface area contributed by atoms with E-state index in [1.807, 2.05) is 0 Å². The number of carbonyl (C=O) groups is 1. The van der Waals surface area contributed by atoms with Crippen molar-refractivity contribution in [2.24, 2.45) is 5.73 Å². The molecule has 1 aromatic carbocycles. The number of oxazole rings is 1. The normalized spacial score (nSPS) is 12.5. The molecule has 34 heavy (non-hydrogen) atoms. The predicted molar refractivity (Wildman–Crippen MR) is 117 cm³/mol. The Morgan fingerprint density at radius 3 is 2.62 bits per heavy atom. The molecule has 0 saturated carbocycles. The minimum absolute atomic E-state index is 0.0171. The zero-order chi connectivity index (χ0) is 24.5. The topological polar surface area (TPSA) is 116 Å². The van der Waals surface area contributed by atoms with Gasteiger partial charge in [0.05, 0.1) is 25.4 Å². The molecule has 3 heterocycles. The molecule has 11 heteroatoms. The molecule has 8 nitrogen and oxygen atoms in total. The van der Waals surface area contributed by atoms with Crippen molar-refractivity contribution in [3.63, 3.8) is 0 Å². The van der Waals surface area contributed by atoms with Gasteiger partial charge in [0, 0.05) is 17.1 Å². The third kappa shape index (κ3) is 4.55. The molecular weight excluding hydrogens is 451 g/mol. The average molecular weight is 471 g/mol. The standard InChI is InChI=1S/C23H20F3N5O3/c1-12(27)20-19(21(32)29-11-13-5-3-4-10-28-13)31-22(34-20)15-6-8-16(33-2)18-14(15)7-9-17(30-18)23(24,25)26/h3-10,12H,11,27H2,1-2H3,(H,29,32)/t12-/m0/s1. The number of nitrogens with two attached hydrogens (primary N) is 1. The SMILES string of the molecule is COc1ccc(-c2nc(C(=O)NCc3ccccn3)c([C@H](C)N)o2)c2ccc(C(F)(F)F)nc12. The number of fused-ring (bicyclic) bond motifs is 1. The van der Waals surface area contributed by atoms with Crippen LogP contribution < -0.4 is 15.8 Å². The molecule has 1 atom stereocenters. The van der Waals surface area contributed by atoms with E-state index in [0.717, 1.165) is 6.07 Å². The predicted octanol–water partition coefficient (Wildman–Crippen LogP) is 4.26. The molecule has 0 aliphatic rings. The van der Waals surface area contributed by atoms with Gasteiger partial charge in [-0.15, -0.1) is 0 Å². The molecular formula is C23H20F3N5O3. The van der Waals surface area contributed by atoms with E-state index in [9.17, 15) is 18.0 Å². The second kappa shape index (κ2) is 9.10. The molecule has 0 radical (unpaired) electrons. The van der Waals surface area contributed by atoms with E-state index in [1.165, 1.54) is 19.2 Å². The van der Waals surface area contributed by atoms with E-state index in [2.05, 4.69) is 20.3 Å². The fraction of sp³-hybridized carbons (Fsp3) is 0.217. The van der Waals surface area contributed by atoms with Crippen LogP contribution >= 0.6 is 0 Å². The number of halogens is 3. The smallest absolute Gasteiger partial charge is 0.433 e. The molecule has 4 aromatic rings. The molecule has 3 N–H and O–H groups in total. The molecule has 0 bridgehead atoms. The second-order valence-electron chi connectivity index (χ2n) is 7.43. The number of benzene rings is 1. The summed E-state index contributed by atoms with van der Waals surface area (Å²) in [5, 5.41) is 3.03. The number of pyridine rings is 2. The third-order valence-corrected chi connectivity index (χ3v) is 5.00. The summed E-state index contributed by atoms with van der Waals surface area (Å²) < 4.78 is 50.6. The molecule has 3 aromatic heterocycles. The lowest BCUT2D eigenvalue weighted by Crippen LogP contribution is -2.25. The fourth-order valence-corrected chi connectivity index (χ4v) is 3.38. The molecule has 0 spiro atoms. The summed E-state index contributed by atoms with van der Waals surface area (Å²) in [6.45, 7) is 1.79. The van der Waals surface area contributed by atoms with E-state index < -0.39 is 23.8 Å². The van der Waals surface area contributed by atoms with Crippen LogP contribution in [0.5, 0.6) is 5.75 Å². The lowest BCUT2D eigenvalue weighted by Gasteiger charge is -2.11. The minimum Gasteiger partial charge on any atom is -0.494 e. The number of rotatable bonds is 6. The number of carbonyl (C=O) groups excluding carboxylic acids is 1. The van der Waals surface area contributed by atoms with E-state index >= 15 is 0 Å². The maximum absolute atomic E-state index is 13.2. The average Bonchev–Trinajstić information content (AvgIpc) is 3.27. The highest BCUT2D eigenvalue weighted by molar-refractivity contribution is 5.98. The highest BCUT2D eigenvalue weighted by Gasteiger charge is 2.33. The van der Waals surface area contributed by atoms with E-state index in [0.29, 0.717) is 16.6 Å². The van der Waals surface area contributed by atoms with Gasteiger partial charge in [-0.05, 0) is 43.3 Å². The number of nitrogens with zero attached hydrogens (tertiary/aromatic N) is 3. The van der Waals surface area contributed by atoms with Gasteiger partial charge in [0.15, 0.2) is 11.5 Å². The van der Waals surface area contributed by atoms with Crippen LogP contribution in [0.15, 0.2) is 53.1 Å². The summed E-state index contributed by atoms with van der Waals surface area (Å²) >= 11 is 0. The number of hydrogen-bond acceptors (Lipinski definition) is 7. The largest absolute Gasteiger partial charge is 0.494 e. The first kappa shape index (κ1) is 23.2. The first-order valence-corrected chi connectivity index (χ1v) is 10.2. The first-order chi connectivity index (χ1) is 16.2. The van der Waals surface area contributed by atoms with Gasteiger partial charge in [-0.25, -0.2) is 9.97 Å². The number of methoxy groups -OCH3 is 1. The summed E-state index contributed by atoms with van der Waals surface area (Å²) in [6, 6.07) is 9.80. The van der Waals surface area contributed by atoms with Gasteiger partial charge >= 0.3 is 6.18 Å². The van der Waals surface area contributed by atoms with Crippen molar-refractivity contribution in [1.82, 2.24) is 20.3 Å². The summed E-state index contributed by atoms with van der Waals surface area (Å²) in [6.07, 6.45) is -3.02. The molecule has 1 amide bonds. The molecule has 0 aliphatic heterocycles. The van der Waals surface area contributed by atoms with Crippen LogP contribution in [0.4, 0.5) is 13.2 Å². The van der Waals surface area contributed by atoms with Gasteiger partial charge in [0.2, 0.25) is 5.89 Å². The fourth-order valence-electron chi connectivity index (χ4n) is 3.38. The lowest BCUT2D eigenvalue weighted by molar-refractivity contribution is -0.140. The van der Waals surface area contributed by atoms with Crippen molar-refractivity contribution >= 4 is 16.8 Å². The van der Waals surface area contributed by atoms with Gasteiger partial charge in [-0.1, -0.05) is 6.07 Å². The number of aromatic nitrogens is 3. The Morgan fingerprint density at radius 2 is 1.97 bits per heavy atom. The van der Waals surface area contributed by atoms with Crippen LogP contribution in [0.1, 0.15) is 40.6 Å². The Balaban J connectivity index is 1.76. The number of ether oxygens (including phenoxy) is 1. The van der Waals surface area contributed by atoms with Crippen LogP contribution in [0, 0.1) is 0 Å². The van der Waals surface area contributed by atoms with Crippen LogP contribution in [-0.4, -0.2) is 28.0 Å². The molecule has 0 fully saturated rings. The van der Waals surface area contributed by atoms with Crippen LogP contribution in [-0.2, 0) is 12.7 Å². The Kier molecular flexibility index (Phi) is 6.20. The summed E-state index contributed by atoms with van der Waals surface area (Å²) in [5.74, 6) is -0.220. The third-order valence-electron chi connectivity index (χ3n) is 5.00. The summed E-state index contributed by atoms with van der Waals surface area (Å²) in [5.41, 5.74) is 5.88. The minimum atomic E-state index is -4.63. The molecule has 0 saturated heterocycles. The molecule has 0 aliphatic carbocycles. The Labute approximate surface area is 192 Å². The van der Waals surface area contributed by atoms with Crippen LogP contribution in [0.3, 0.4) is 0 Å². The Bertz CT molecular complexity index is 1340. The van der Waals surface area contributed by atoms with Gasteiger partial charge in [-0.3, -0.25) is 9.78 Å². The maximum atomic E-state index is 13.2. The van der Waals surface area contributed by atoms with Gasteiger partial charge in [-0.2, -0.15) is 13.2 Å². The van der Waals surface area contributed by atoms with Crippen molar-refractivity contribution in [3.8, 4) is 17.2 Å². The van der Waals surface area contributed by atoms with Gasteiger partial charge in [0.1, 0.15) is 17.0 Å². The number of alkyl halides is 3. The molecule has 176 valence electrons. The highest BCUT2D eigenvalue weighted by atomic mass is 19.4. The van der Waals surface area contributed by atoms with E-state index in [-0.39, 0.29) is 35.2 Å². The quantitative estimate of drug-likeness (QED) is 0.432. The molecule has 4 rings (SSSR count). The zero-order valence-corrected chi connectivity index (χ0v) is 18.2. The lowest BCUT2D eigenvalue weighted by atomic mass is 10.1. The number of nitrogens with one attached hydrogen (secondary N) is 1. The van der Waals surface area contributed by atoms with E-state index in [4.69, 9.17) is 14.9 Å². The van der Waals surface area contributed by atoms with Crippen LogP contribution in [0.25, 0.3) is 22.4 Å². The van der Waals surface area contributed by atoms with Gasteiger partial charge < -0.3 is 20.2 Å². The summed E-state index contributed by atoms with van der Waals surface area (Å²) in [4.78, 5) is 25.0. The van der Waals surface area contributed by atoms with Crippen molar-refractivity contribution in [2.45, 2.75) is 25.7 Å². The van der Waals surface area contributed by atoms with Gasteiger partial charge in [0.25, 0.3) is 5.91 Å². The summed E-state index contributed by atoms with van der Waals surface area (Å²) in [7, 11) is 1.33. The van der Waals surface area contributed by atoms with Crippen molar-refractivity contribution in [3.05, 3.63) is 71.5 Å². The van der Waals surface area contributed by atoms with Crippen molar-refractivity contribution in [2.75, 3.05) is 7.11 Å². The zero-order valence-electron chi connectivity index (χ0n) is 18.2. The molecule has 0 unspecified atom stereocenters. The number of hydrogen-bond donors (Lipinski definition) is 2. The Morgan fingerprint density at radius 1 is 1.18 bits per heavy atom.